The van der Waals surface area contributed by atoms with Crippen LogP contribution in [0.3, 0.4) is 0 Å². The molecular formula is C15H20N4O. The van der Waals surface area contributed by atoms with Gasteiger partial charge in [-0.2, -0.15) is 0 Å². The third-order valence-electron chi connectivity index (χ3n) is 2.91. The fourth-order valence-corrected chi connectivity index (χ4v) is 1.94. The smallest absolute Gasteiger partial charge is 0.225 e. The van der Waals surface area contributed by atoms with Crippen LogP contribution in [0.5, 0.6) is 0 Å². The molecule has 0 fully saturated rings. The molecule has 0 saturated carbocycles. The van der Waals surface area contributed by atoms with Crippen LogP contribution >= 0.6 is 0 Å². The van der Waals surface area contributed by atoms with Crippen molar-refractivity contribution in [1.82, 2.24) is 14.9 Å². The topological polar surface area (TPSA) is 59.0 Å². The number of aromatic nitrogens is 2. The van der Waals surface area contributed by atoms with Crippen LogP contribution in [0.25, 0.3) is 0 Å². The number of hydrogen-bond donors (Lipinski definition) is 2. The summed E-state index contributed by atoms with van der Waals surface area (Å²) in [6.07, 6.45) is 5.94. The summed E-state index contributed by atoms with van der Waals surface area (Å²) in [5.74, 6) is 0.0331. The molecule has 106 valence electrons. The second-order valence-corrected chi connectivity index (χ2v) is 4.59. The van der Waals surface area contributed by atoms with Gasteiger partial charge in [-0.1, -0.05) is 19.1 Å². The van der Waals surface area contributed by atoms with E-state index < -0.39 is 0 Å². The lowest BCUT2D eigenvalue weighted by molar-refractivity contribution is -0.116. The molecule has 1 aromatic carbocycles. The maximum Gasteiger partial charge on any atom is 0.225 e. The first-order valence-electron chi connectivity index (χ1n) is 6.83. The van der Waals surface area contributed by atoms with Gasteiger partial charge in [0, 0.05) is 37.6 Å². The van der Waals surface area contributed by atoms with Gasteiger partial charge in [0.2, 0.25) is 5.91 Å². The first kappa shape index (κ1) is 14.3. The summed E-state index contributed by atoms with van der Waals surface area (Å²) in [5.41, 5.74) is 1.97. The van der Waals surface area contributed by atoms with E-state index >= 15 is 0 Å². The molecule has 2 N–H and O–H groups in total. The number of anilines is 1. The van der Waals surface area contributed by atoms with Gasteiger partial charge < -0.3 is 15.2 Å². The zero-order valence-corrected chi connectivity index (χ0v) is 11.7. The van der Waals surface area contributed by atoms with Crippen molar-refractivity contribution in [3.63, 3.8) is 0 Å². The van der Waals surface area contributed by atoms with Crippen LogP contribution in [0, 0.1) is 0 Å². The number of carbonyl (C=O) groups is 1. The van der Waals surface area contributed by atoms with E-state index in [4.69, 9.17) is 0 Å². The van der Waals surface area contributed by atoms with Crippen LogP contribution in [0.2, 0.25) is 0 Å². The van der Waals surface area contributed by atoms with Crippen LogP contribution in [0.1, 0.15) is 18.9 Å². The Hall–Kier alpha value is -2.14. The fourth-order valence-electron chi connectivity index (χ4n) is 1.94. The van der Waals surface area contributed by atoms with Crippen molar-refractivity contribution in [1.29, 1.82) is 0 Å². The number of amides is 1. The molecule has 1 aromatic heterocycles. The van der Waals surface area contributed by atoms with Gasteiger partial charge in [-0.25, -0.2) is 4.98 Å². The minimum absolute atomic E-state index is 0.0331. The molecule has 0 saturated heterocycles. The van der Waals surface area contributed by atoms with E-state index in [0.29, 0.717) is 13.0 Å². The third kappa shape index (κ3) is 4.51. The average molecular weight is 272 g/mol. The van der Waals surface area contributed by atoms with Crippen molar-refractivity contribution in [2.45, 2.75) is 19.9 Å². The lowest BCUT2D eigenvalue weighted by atomic mass is 10.2. The van der Waals surface area contributed by atoms with E-state index in [0.717, 1.165) is 24.3 Å². The molecule has 0 aliphatic carbocycles. The van der Waals surface area contributed by atoms with Gasteiger partial charge in [0.1, 0.15) is 0 Å². The van der Waals surface area contributed by atoms with Gasteiger partial charge in [-0.05, 0) is 24.2 Å². The molecule has 0 atom stereocenters. The standard InChI is InChI=1S/C15H20N4O/c1-2-16-7-6-15(20)18-14-5-3-4-13(10-14)11-19-9-8-17-12-19/h3-5,8-10,12,16H,2,6-7,11H2,1H3,(H,18,20). The van der Waals surface area contributed by atoms with E-state index in [9.17, 15) is 4.79 Å². The third-order valence-corrected chi connectivity index (χ3v) is 2.91. The summed E-state index contributed by atoms with van der Waals surface area (Å²) in [5, 5.41) is 6.05. The van der Waals surface area contributed by atoms with Gasteiger partial charge in [0.15, 0.2) is 0 Å². The van der Waals surface area contributed by atoms with Gasteiger partial charge in [-0.3, -0.25) is 4.79 Å². The van der Waals surface area contributed by atoms with Crippen molar-refractivity contribution in [3.8, 4) is 0 Å². The van der Waals surface area contributed by atoms with Crippen LogP contribution in [-0.4, -0.2) is 28.5 Å². The first-order chi connectivity index (χ1) is 9.78. The SMILES string of the molecule is CCNCCC(=O)Nc1cccc(Cn2ccnc2)c1. The summed E-state index contributed by atoms with van der Waals surface area (Å²) in [7, 11) is 0. The van der Waals surface area contributed by atoms with Crippen LogP contribution in [0.4, 0.5) is 5.69 Å². The molecule has 0 spiro atoms. The molecule has 2 rings (SSSR count). The van der Waals surface area contributed by atoms with Crippen molar-refractivity contribution >= 4 is 11.6 Å². The number of imidazole rings is 1. The maximum atomic E-state index is 11.7. The zero-order valence-electron chi connectivity index (χ0n) is 11.7. The van der Waals surface area contributed by atoms with E-state index in [-0.39, 0.29) is 5.91 Å². The van der Waals surface area contributed by atoms with Gasteiger partial charge in [-0.15, -0.1) is 0 Å². The Kier molecular flexibility index (Phi) is 5.32. The average Bonchev–Trinajstić information content (AvgIpc) is 2.92. The fraction of sp³-hybridized carbons (Fsp3) is 0.333. The lowest BCUT2D eigenvalue weighted by Gasteiger charge is -2.08. The Labute approximate surface area is 119 Å². The predicted octanol–water partition coefficient (Wildman–Crippen LogP) is 1.87. The molecule has 0 unspecified atom stereocenters. The Morgan fingerprint density at radius 3 is 3.05 bits per heavy atom. The molecule has 0 aliphatic heterocycles. The second kappa shape index (κ2) is 7.45. The van der Waals surface area contributed by atoms with Gasteiger partial charge >= 0.3 is 0 Å². The highest BCUT2D eigenvalue weighted by molar-refractivity contribution is 5.90. The highest BCUT2D eigenvalue weighted by Crippen LogP contribution is 2.12. The van der Waals surface area contributed by atoms with Crippen LogP contribution in [0.15, 0.2) is 43.0 Å². The van der Waals surface area contributed by atoms with Crippen molar-refractivity contribution in [2.24, 2.45) is 0 Å². The molecule has 5 nitrogen and oxygen atoms in total. The van der Waals surface area contributed by atoms with Crippen molar-refractivity contribution in [2.75, 3.05) is 18.4 Å². The number of nitrogens with one attached hydrogen (secondary N) is 2. The molecular weight excluding hydrogens is 252 g/mol. The molecule has 20 heavy (non-hydrogen) atoms. The van der Waals surface area contributed by atoms with Crippen molar-refractivity contribution < 1.29 is 4.79 Å². The minimum atomic E-state index is 0.0331. The summed E-state index contributed by atoms with van der Waals surface area (Å²) in [4.78, 5) is 15.8. The summed E-state index contributed by atoms with van der Waals surface area (Å²) in [6.45, 7) is 4.36. The Morgan fingerprint density at radius 1 is 1.40 bits per heavy atom. The van der Waals surface area contributed by atoms with E-state index in [1.807, 2.05) is 42.0 Å². The number of hydrogen-bond acceptors (Lipinski definition) is 3. The predicted molar refractivity (Wildman–Crippen MR) is 79.6 cm³/mol. The molecule has 0 aliphatic rings. The molecule has 0 radical (unpaired) electrons. The van der Waals surface area contributed by atoms with E-state index in [1.165, 1.54) is 0 Å². The molecule has 0 bridgehead atoms. The first-order valence-corrected chi connectivity index (χ1v) is 6.83. The Bertz CT molecular complexity index is 537. The van der Waals surface area contributed by atoms with E-state index in [1.54, 1.807) is 12.5 Å². The summed E-state index contributed by atoms with van der Waals surface area (Å²) in [6, 6.07) is 7.88. The number of benzene rings is 1. The molecule has 5 heteroatoms. The quantitative estimate of drug-likeness (QED) is 0.756. The maximum absolute atomic E-state index is 11.7. The highest BCUT2D eigenvalue weighted by Gasteiger charge is 2.03. The van der Waals surface area contributed by atoms with Gasteiger partial charge in [0.05, 0.1) is 6.33 Å². The summed E-state index contributed by atoms with van der Waals surface area (Å²) >= 11 is 0. The Balaban J connectivity index is 1.90. The van der Waals surface area contributed by atoms with Crippen LogP contribution in [-0.2, 0) is 11.3 Å². The number of carbonyl (C=O) groups excluding carboxylic acids is 1. The number of nitrogens with zero attached hydrogens (tertiary/aromatic N) is 2. The summed E-state index contributed by atoms with van der Waals surface area (Å²) < 4.78 is 1.99. The van der Waals surface area contributed by atoms with E-state index in [2.05, 4.69) is 15.6 Å². The highest BCUT2D eigenvalue weighted by atomic mass is 16.1. The normalized spacial score (nSPS) is 10.4. The van der Waals surface area contributed by atoms with Crippen LogP contribution < -0.4 is 10.6 Å². The molecule has 2 aromatic rings. The largest absolute Gasteiger partial charge is 0.333 e. The molecule has 1 amide bonds. The van der Waals surface area contributed by atoms with Crippen molar-refractivity contribution in [3.05, 3.63) is 48.5 Å². The zero-order chi connectivity index (χ0) is 14.2. The molecule has 1 heterocycles. The lowest BCUT2D eigenvalue weighted by Crippen LogP contribution is -2.21. The van der Waals surface area contributed by atoms with Gasteiger partial charge in [0.25, 0.3) is 0 Å². The monoisotopic (exact) mass is 272 g/mol. The minimum Gasteiger partial charge on any atom is -0.333 e. The number of rotatable bonds is 7. The Morgan fingerprint density at radius 2 is 2.30 bits per heavy atom. The second-order valence-electron chi connectivity index (χ2n) is 4.59.